The Kier molecular flexibility index (Phi) is 2.25. The first-order chi connectivity index (χ1) is 6.66. The molecule has 72 valence electrons. The van der Waals surface area contributed by atoms with Crippen LogP contribution in [0, 0.1) is 6.92 Å². The highest BCUT2D eigenvalue weighted by atomic mass is 79.9. The molecular weight excluding hydrogens is 244 g/mol. The van der Waals surface area contributed by atoms with Crippen molar-refractivity contribution in [1.29, 1.82) is 0 Å². The second kappa shape index (κ2) is 3.42. The summed E-state index contributed by atoms with van der Waals surface area (Å²) >= 11 is 3.33. The standard InChI is InChI=1S/C9H9BrN4/c1-6-2-9(12-4-8(6)11)14-5-7(10)3-13-14/h2-5H,11H2,1H3. The summed E-state index contributed by atoms with van der Waals surface area (Å²) < 4.78 is 2.62. The fourth-order valence-corrected chi connectivity index (χ4v) is 1.39. The van der Waals surface area contributed by atoms with Crippen LogP contribution in [0.25, 0.3) is 5.82 Å². The molecule has 0 aliphatic heterocycles. The van der Waals surface area contributed by atoms with Crippen LogP contribution in [-0.4, -0.2) is 14.8 Å². The van der Waals surface area contributed by atoms with Gasteiger partial charge in [-0.2, -0.15) is 5.10 Å². The molecule has 0 spiro atoms. The SMILES string of the molecule is Cc1cc(-n2cc(Br)cn2)ncc1N. The van der Waals surface area contributed by atoms with Crippen LogP contribution in [-0.2, 0) is 0 Å². The number of aromatic nitrogens is 3. The monoisotopic (exact) mass is 252 g/mol. The average molecular weight is 253 g/mol. The van der Waals surface area contributed by atoms with Gasteiger partial charge in [-0.1, -0.05) is 0 Å². The zero-order valence-electron chi connectivity index (χ0n) is 7.61. The van der Waals surface area contributed by atoms with Gasteiger partial charge in [0.2, 0.25) is 0 Å². The van der Waals surface area contributed by atoms with Crippen LogP contribution in [0.4, 0.5) is 5.69 Å². The van der Waals surface area contributed by atoms with E-state index >= 15 is 0 Å². The van der Waals surface area contributed by atoms with Gasteiger partial charge in [0.15, 0.2) is 5.82 Å². The summed E-state index contributed by atoms with van der Waals surface area (Å²) in [5.41, 5.74) is 7.37. The van der Waals surface area contributed by atoms with Crippen molar-refractivity contribution in [3.05, 3.63) is 34.7 Å². The summed E-state index contributed by atoms with van der Waals surface area (Å²) in [6.07, 6.45) is 5.20. The van der Waals surface area contributed by atoms with Crippen LogP contribution in [0.3, 0.4) is 0 Å². The molecule has 2 N–H and O–H groups in total. The molecule has 0 amide bonds. The summed E-state index contributed by atoms with van der Waals surface area (Å²) in [4.78, 5) is 4.18. The molecule has 0 fully saturated rings. The van der Waals surface area contributed by atoms with Crippen molar-refractivity contribution in [1.82, 2.24) is 14.8 Å². The van der Waals surface area contributed by atoms with E-state index in [1.54, 1.807) is 17.1 Å². The van der Waals surface area contributed by atoms with Crippen molar-refractivity contribution in [3.63, 3.8) is 0 Å². The van der Waals surface area contributed by atoms with E-state index in [1.807, 2.05) is 19.2 Å². The smallest absolute Gasteiger partial charge is 0.153 e. The predicted molar refractivity (Wildman–Crippen MR) is 58.2 cm³/mol. The zero-order chi connectivity index (χ0) is 10.1. The maximum Gasteiger partial charge on any atom is 0.153 e. The Balaban J connectivity index is 2.47. The van der Waals surface area contributed by atoms with E-state index in [2.05, 4.69) is 26.0 Å². The van der Waals surface area contributed by atoms with E-state index in [1.165, 1.54) is 0 Å². The topological polar surface area (TPSA) is 56.7 Å². The Hall–Kier alpha value is -1.36. The largest absolute Gasteiger partial charge is 0.397 e. The third-order valence-corrected chi connectivity index (χ3v) is 2.33. The van der Waals surface area contributed by atoms with E-state index in [4.69, 9.17) is 5.73 Å². The van der Waals surface area contributed by atoms with Crippen LogP contribution in [0.5, 0.6) is 0 Å². The molecule has 0 aliphatic carbocycles. The highest BCUT2D eigenvalue weighted by Gasteiger charge is 2.01. The van der Waals surface area contributed by atoms with E-state index < -0.39 is 0 Å². The lowest BCUT2D eigenvalue weighted by Crippen LogP contribution is -2.00. The molecule has 14 heavy (non-hydrogen) atoms. The number of nitrogens with zero attached hydrogens (tertiary/aromatic N) is 3. The van der Waals surface area contributed by atoms with Crippen molar-refractivity contribution in [2.24, 2.45) is 0 Å². The molecule has 0 aromatic carbocycles. The van der Waals surface area contributed by atoms with Crippen LogP contribution in [0.15, 0.2) is 29.1 Å². The quantitative estimate of drug-likeness (QED) is 0.844. The Morgan fingerprint density at radius 1 is 1.43 bits per heavy atom. The third-order valence-electron chi connectivity index (χ3n) is 1.92. The molecule has 0 bridgehead atoms. The normalized spacial score (nSPS) is 10.4. The zero-order valence-corrected chi connectivity index (χ0v) is 9.19. The van der Waals surface area contributed by atoms with E-state index in [9.17, 15) is 0 Å². The number of rotatable bonds is 1. The average Bonchev–Trinajstić information content (AvgIpc) is 2.57. The molecule has 2 rings (SSSR count). The number of pyridine rings is 1. The van der Waals surface area contributed by atoms with Gasteiger partial charge in [0.05, 0.1) is 22.6 Å². The Morgan fingerprint density at radius 2 is 2.21 bits per heavy atom. The first-order valence-electron chi connectivity index (χ1n) is 4.09. The van der Waals surface area contributed by atoms with Gasteiger partial charge in [0.1, 0.15) is 0 Å². The summed E-state index contributed by atoms with van der Waals surface area (Å²) in [5, 5.41) is 4.12. The van der Waals surface area contributed by atoms with Crippen molar-refractivity contribution in [2.75, 3.05) is 5.73 Å². The van der Waals surface area contributed by atoms with Crippen molar-refractivity contribution < 1.29 is 0 Å². The highest BCUT2D eigenvalue weighted by molar-refractivity contribution is 9.10. The van der Waals surface area contributed by atoms with E-state index in [0.717, 1.165) is 15.9 Å². The number of halogens is 1. The van der Waals surface area contributed by atoms with Gasteiger partial charge in [-0.15, -0.1) is 0 Å². The van der Waals surface area contributed by atoms with Crippen LogP contribution in [0.1, 0.15) is 5.56 Å². The van der Waals surface area contributed by atoms with Crippen molar-refractivity contribution in [2.45, 2.75) is 6.92 Å². The minimum Gasteiger partial charge on any atom is -0.397 e. The summed E-state index contributed by atoms with van der Waals surface area (Å²) in [7, 11) is 0. The van der Waals surface area contributed by atoms with Gasteiger partial charge in [0, 0.05) is 6.20 Å². The number of aryl methyl sites for hydroxylation is 1. The first-order valence-corrected chi connectivity index (χ1v) is 4.89. The molecule has 2 heterocycles. The molecule has 2 aromatic heterocycles. The predicted octanol–water partition coefficient (Wildman–Crippen LogP) is 1.92. The summed E-state index contributed by atoms with van der Waals surface area (Å²) in [6, 6.07) is 1.90. The molecule has 0 radical (unpaired) electrons. The number of anilines is 1. The number of nitrogens with two attached hydrogens (primary N) is 1. The van der Waals surface area contributed by atoms with Gasteiger partial charge in [0.25, 0.3) is 0 Å². The maximum atomic E-state index is 5.67. The number of nitrogen functional groups attached to an aromatic ring is 1. The van der Waals surface area contributed by atoms with E-state index in [0.29, 0.717) is 5.69 Å². The summed E-state index contributed by atoms with van der Waals surface area (Å²) in [6.45, 7) is 1.94. The molecule has 0 unspecified atom stereocenters. The van der Waals surface area contributed by atoms with Crippen molar-refractivity contribution in [3.8, 4) is 5.82 Å². The van der Waals surface area contributed by atoms with Gasteiger partial charge >= 0.3 is 0 Å². The van der Waals surface area contributed by atoms with Gasteiger partial charge in [-0.3, -0.25) is 0 Å². The second-order valence-electron chi connectivity index (χ2n) is 3.00. The number of hydrogen-bond donors (Lipinski definition) is 1. The molecule has 2 aromatic rings. The maximum absolute atomic E-state index is 5.67. The lowest BCUT2D eigenvalue weighted by molar-refractivity contribution is 0.845. The molecule has 0 aliphatic rings. The lowest BCUT2D eigenvalue weighted by atomic mass is 10.2. The highest BCUT2D eigenvalue weighted by Crippen LogP contribution is 2.14. The van der Waals surface area contributed by atoms with Crippen molar-refractivity contribution >= 4 is 21.6 Å². The lowest BCUT2D eigenvalue weighted by Gasteiger charge is -2.03. The molecular formula is C9H9BrN4. The van der Waals surface area contributed by atoms with Gasteiger partial charge in [-0.25, -0.2) is 9.67 Å². The van der Waals surface area contributed by atoms with E-state index in [-0.39, 0.29) is 0 Å². The molecule has 0 saturated heterocycles. The second-order valence-corrected chi connectivity index (χ2v) is 3.92. The fraction of sp³-hybridized carbons (Fsp3) is 0.111. The minimum atomic E-state index is 0.694. The van der Waals surface area contributed by atoms with Crippen LogP contribution < -0.4 is 5.73 Å². The summed E-state index contributed by atoms with van der Waals surface area (Å²) in [5.74, 6) is 0.766. The molecule has 0 saturated carbocycles. The molecule has 4 nitrogen and oxygen atoms in total. The van der Waals surface area contributed by atoms with Gasteiger partial charge < -0.3 is 5.73 Å². The van der Waals surface area contributed by atoms with Crippen LogP contribution >= 0.6 is 15.9 Å². The molecule has 5 heteroatoms. The van der Waals surface area contributed by atoms with Crippen LogP contribution in [0.2, 0.25) is 0 Å². The fourth-order valence-electron chi connectivity index (χ4n) is 1.10. The Bertz CT molecular complexity index is 464. The first kappa shape index (κ1) is 9.21. The Morgan fingerprint density at radius 3 is 2.79 bits per heavy atom. The number of hydrogen-bond acceptors (Lipinski definition) is 3. The minimum absolute atomic E-state index is 0.694. The van der Waals surface area contributed by atoms with Gasteiger partial charge in [-0.05, 0) is 34.5 Å². The Labute approximate surface area is 89.9 Å². The molecule has 0 atom stereocenters. The third kappa shape index (κ3) is 1.63.